The molecular weight excluding hydrogens is 260 g/mol. The Kier molecular flexibility index (Phi) is 3.31. The maximum Gasteiger partial charge on any atom is 0.225 e. The summed E-state index contributed by atoms with van der Waals surface area (Å²) in [5.74, 6) is -0.0145. The molecule has 1 aromatic rings. The first kappa shape index (κ1) is 12.7. The van der Waals surface area contributed by atoms with Crippen LogP contribution >= 0.6 is 11.3 Å². The molecule has 19 heavy (non-hydrogen) atoms. The van der Waals surface area contributed by atoms with Crippen LogP contribution < -0.4 is 5.32 Å². The fourth-order valence-corrected chi connectivity index (χ4v) is 3.32. The predicted octanol–water partition coefficient (Wildman–Crippen LogP) is 1.94. The third-order valence-electron chi connectivity index (χ3n) is 3.85. The van der Waals surface area contributed by atoms with E-state index < -0.39 is 0 Å². The van der Waals surface area contributed by atoms with Crippen LogP contribution in [-0.4, -0.2) is 29.3 Å². The van der Waals surface area contributed by atoms with Crippen LogP contribution in [0, 0.1) is 5.92 Å². The first-order chi connectivity index (χ1) is 9.15. The topological polar surface area (TPSA) is 49.4 Å². The first-order valence-electron chi connectivity index (χ1n) is 6.78. The molecule has 0 unspecified atom stereocenters. The minimum atomic E-state index is -0.171. The fourth-order valence-electron chi connectivity index (χ4n) is 2.59. The summed E-state index contributed by atoms with van der Waals surface area (Å²) < 4.78 is 0. The fraction of sp³-hybridized carbons (Fsp3) is 0.571. The molecule has 1 aliphatic carbocycles. The van der Waals surface area contributed by atoms with Crippen LogP contribution in [0.3, 0.4) is 0 Å². The van der Waals surface area contributed by atoms with Crippen LogP contribution in [0.5, 0.6) is 0 Å². The summed E-state index contributed by atoms with van der Waals surface area (Å²) in [6.07, 6.45) is 2.58. The molecule has 2 amide bonds. The summed E-state index contributed by atoms with van der Waals surface area (Å²) in [5, 5.41) is 5.02. The van der Waals surface area contributed by atoms with Gasteiger partial charge in [0, 0.05) is 23.9 Å². The van der Waals surface area contributed by atoms with Gasteiger partial charge in [0.05, 0.1) is 12.0 Å². The largest absolute Gasteiger partial charge is 0.348 e. The average Bonchev–Trinajstić information content (AvgIpc) is 2.92. The van der Waals surface area contributed by atoms with Crippen molar-refractivity contribution in [3.63, 3.8) is 0 Å². The number of nitrogens with one attached hydrogen (secondary N) is 1. The van der Waals surface area contributed by atoms with E-state index in [2.05, 4.69) is 5.32 Å². The van der Waals surface area contributed by atoms with Crippen LogP contribution in [0.1, 0.15) is 37.1 Å². The third-order valence-corrected chi connectivity index (χ3v) is 4.90. The minimum absolute atomic E-state index is 0.0115. The van der Waals surface area contributed by atoms with Crippen molar-refractivity contribution in [3.05, 3.63) is 22.4 Å². The Morgan fingerprint density at radius 2 is 2.32 bits per heavy atom. The third kappa shape index (κ3) is 2.66. The second-order valence-electron chi connectivity index (χ2n) is 5.42. The van der Waals surface area contributed by atoms with E-state index >= 15 is 0 Å². The zero-order chi connectivity index (χ0) is 13.4. The number of carbonyl (C=O) groups excluding carboxylic acids is 2. The maximum absolute atomic E-state index is 12.2. The molecule has 0 spiro atoms. The lowest BCUT2D eigenvalue weighted by Gasteiger charge is -2.17. The van der Waals surface area contributed by atoms with Gasteiger partial charge < -0.3 is 10.2 Å². The molecule has 4 nitrogen and oxygen atoms in total. The Morgan fingerprint density at radius 1 is 1.53 bits per heavy atom. The number of rotatable bonds is 4. The minimum Gasteiger partial charge on any atom is -0.348 e. The van der Waals surface area contributed by atoms with E-state index in [4.69, 9.17) is 0 Å². The Labute approximate surface area is 116 Å². The smallest absolute Gasteiger partial charge is 0.225 e. The van der Waals surface area contributed by atoms with E-state index in [-0.39, 0.29) is 23.8 Å². The normalized spacial score (nSPS) is 24.6. The summed E-state index contributed by atoms with van der Waals surface area (Å²) >= 11 is 1.64. The van der Waals surface area contributed by atoms with Crippen LogP contribution in [-0.2, 0) is 9.59 Å². The molecule has 0 radical (unpaired) electrons. The lowest BCUT2D eigenvalue weighted by atomic mass is 10.1. The molecule has 2 aliphatic rings. The summed E-state index contributed by atoms with van der Waals surface area (Å²) in [5.41, 5.74) is 0. The van der Waals surface area contributed by atoms with E-state index in [1.807, 2.05) is 29.3 Å². The van der Waals surface area contributed by atoms with Crippen molar-refractivity contribution in [2.24, 2.45) is 5.92 Å². The SMILES string of the molecule is C[C@@H](NC(=O)[C@@H]1CC(=O)N(C2CC2)C1)c1cccs1. The predicted molar refractivity (Wildman–Crippen MR) is 73.7 cm³/mol. The van der Waals surface area contributed by atoms with Crippen molar-refractivity contribution in [3.8, 4) is 0 Å². The standard InChI is InChI=1S/C14H18N2O2S/c1-9(12-3-2-6-19-12)15-14(18)10-7-13(17)16(8-10)11-4-5-11/h2-3,6,9-11H,4-5,7-8H2,1H3,(H,15,18)/t9-,10-/m1/s1. The summed E-state index contributed by atoms with van der Waals surface area (Å²) in [6.45, 7) is 2.59. The number of hydrogen-bond donors (Lipinski definition) is 1. The molecule has 2 fully saturated rings. The molecule has 102 valence electrons. The van der Waals surface area contributed by atoms with Gasteiger partial charge in [0.15, 0.2) is 0 Å². The lowest BCUT2D eigenvalue weighted by Crippen LogP contribution is -2.34. The number of thiophene rings is 1. The number of amides is 2. The number of likely N-dealkylation sites (tertiary alicyclic amines) is 1. The van der Waals surface area contributed by atoms with Gasteiger partial charge in [-0.25, -0.2) is 0 Å². The molecule has 0 bridgehead atoms. The van der Waals surface area contributed by atoms with Crippen molar-refractivity contribution >= 4 is 23.2 Å². The van der Waals surface area contributed by atoms with Gasteiger partial charge in [-0.15, -0.1) is 11.3 Å². The number of nitrogens with zero attached hydrogens (tertiary/aromatic N) is 1. The van der Waals surface area contributed by atoms with Crippen LogP contribution in [0.4, 0.5) is 0 Å². The summed E-state index contributed by atoms with van der Waals surface area (Å²) in [6, 6.07) is 4.44. The molecule has 1 saturated carbocycles. The van der Waals surface area contributed by atoms with E-state index in [0.29, 0.717) is 19.0 Å². The number of hydrogen-bond acceptors (Lipinski definition) is 3. The van der Waals surface area contributed by atoms with Gasteiger partial charge in [-0.3, -0.25) is 9.59 Å². The highest BCUT2D eigenvalue weighted by atomic mass is 32.1. The second kappa shape index (κ2) is 4.96. The zero-order valence-electron chi connectivity index (χ0n) is 11.0. The monoisotopic (exact) mass is 278 g/mol. The lowest BCUT2D eigenvalue weighted by molar-refractivity contribution is -0.129. The molecular formula is C14H18N2O2S. The first-order valence-corrected chi connectivity index (χ1v) is 7.66. The Bertz CT molecular complexity index is 482. The molecule has 1 aliphatic heterocycles. The van der Waals surface area contributed by atoms with Crippen molar-refractivity contribution in [2.75, 3.05) is 6.54 Å². The van der Waals surface area contributed by atoms with Crippen LogP contribution in [0.25, 0.3) is 0 Å². The molecule has 2 atom stereocenters. The highest BCUT2D eigenvalue weighted by Gasteiger charge is 2.41. The average molecular weight is 278 g/mol. The van der Waals surface area contributed by atoms with Crippen molar-refractivity contribution in [1.82, 2.24) is 10.2 Å². The Hall–Kier alpha value is -1.36. The molecule has 2 heterocycles. The van der Waals surface area contributed by atoms with Gasteiger partial charge >= 0.3 is 0 Å². The number of carbonyl (C=O) groups is 2. The highest BCUT2D eigenvalue weighted by Crippen LogP contribution is 2.32. The van der Waals surface area contributed by atoms with E-state index in [1.54, 1.807) is 11.3 Å². The van der Waals surface area contributed by atoms with Crippen molar-refractivity contribution < 1.29 is 9.59 Å². The Balaban J connectivity index is 1.57. The van der Waals surface area contributed by atoms with Crippen molar-refractivity contribution in [1.29, 1.82) is 0 Å². The van der Waals surface area contributed by atoms with E-state index in [9.17, 15) is 9.59 Å². The van der Waals surface area contributed by atoms with Gasteiger partial charge in [0.25, 0.3) is 0 Å². The van der Waals surface area contributed by atoms with Crippen LogP contribution in [0.15, 0.2) is 17.5 Å². The van der Waals surface area contributed by atoms with Crippen molar-refractivity contribution in [2.45, 2.75) is 38.3 Å². The van der Waals surface area contributed by atoms with E-state index in [1.165, 1.54) is 0 Å². The molecule has 3 rings (SSSR count). The van der Waals surface area contributed by atoms with E-state index in [0.717, 1.165) is 17.7 Å². The Morgan fingerprint density at radius 3 is 2.95 bits per heavy atom. The summed E-state index contributed by atoms with van der Waals surface area (Å²) in [7, 11) is 0. The highest BCUT2D eigenvalue weighted by molar-refractivity contribution is 7.10. The second-order valence-corrected chi connectivity index (χ2v) is 6.40. The zero-order valence-corrected chi connectivity index (χ0v) is 11.8. The van der Waals surface area contributed by atoms with Gasteiger partial charge in [-0.05, 0) is 31.2 Å². The van der Waals surface area contributed by atoms with Gasteiger partial charge in [-0.2, -0.15) is 0 Å². The molecule has 1 N–H and O–H groups in total. The van der Waals surface area contributed by atoms with Gasteiger partial charge in [0.1, 0.15) is 0 Å². The molecule has 0 aromatic carbocycles. The van der Waals surface area contributed by atoms with Crippen LogP contribution in [0.2, 0.25) is 0 Å². The molecule has 5 heteroatoms. The molecule has 1 aromatic heterocycles. The maximum atomic E-state index is 12.2. The molecule has 1 saturated heterocycles. The quantitative estimate of drug-likeness (QED) is 0.915. The van der Waals surface area contributed by atoms with Gasteiger partial charge in [0.2, 0.25) is 11.8 Å². The van der Waals surface area contributed by atoms with Gasteiger partial charge in [-0.1, -0.05) is 6.07 Å². The summed E-state index contributed by atoms with van der Waals surface area (Å²) in [4.78, 5) is 27.1.